The van der Waals surface area contributed by atoms with E-state index in [-0.39, 0.29) is 30.4 Å². The smallest absolute Gasteiger partial charge is 0.161 e. The molecule has 0 aliphatic rings. The Morgan fingerprint density at radius 2 is 1.82 bits per heavy atom. The number of carbonyl (C=O) groups is 1. The maximum absolute atomic E-state index is 12.1. The van der Waals surface area contributed by atoms with Crippen molar-refractivity contribution in [2.24, 2.45) is 11.8 Å². The van der Waals surface area contributed by atoms with Crippen LogP contribution in [0.3, 0.4) is 0 Å². The van der Waals surface area contributed by atoms with Gasteiger partial charge in [0, 0.05) is 12.1 Å². The first-order valence-electron chi connectivity index (χ1n) is 7.57. The quantitative estimate of drug-likeness (QED) is 0.709. The number of benzene rings is 1. The summed E-state index contributed by atoms with van der Waals surface area (Å²) in [7, 11) is -2.30. The summed E-state index contributed by atoms with van der Waals surface area (Å²) >= 11 is 0. The molecule has 0 aliphatic carbocycles. The Morgan fingerprint density at radius 1 is 1.23 bits per heavy atom. The number of carbonyl (C=O) groups excluding carboxylic acids is 1. The van der Waals surface area contributed by atoms with Gasteiger partial charge in [0.15, 0.2) is 5.78 Å². The third-order valence-electron chi connectivity index (χ3n) is 3.89. The monoisotopic (exact) mass is 326 g/mol. The van der Waals surface area contributed by atoms with Crippen LogP contribution in [0.2, 0.25) is 0 Å². The molecule has 2 unspecified atom stereocenters. The molecular formula is C17H27O4P. The van der Waals surface area contributed by atoms with Crippen molar-refractivity contribution in [3.8, 4) is 0 Å². The number of aliphatic hydroxyl groups excluding tert-OH is 1. The van der Waals surface area contributed by atoms with Crippen LogP contribution in [0.25, 0.3) is 0 Å². The summed E-state index contributed by atoms with van der Waals surface area (Å²) in [6.45, 7) is 7.34. The maximum Gasteiger partial charge on any atom is 0.161 e. The summed E-state index contributed by atoms with van der Waals surface area (Å²) in [6, 6.07) is 9.67. The number of rotatable bonds is 9. The van der Waals surface area contributed by atoms with E-state index in [2.05, 4.69) is 0 Å². The van der Waals surface area contributed by atoms with E-state index in [4.69, 9.17) is 4.74 Å². The molecule has 0 aromatic heterocycles. The molecule has 0 amide bonds. The van der Waals surface area contributed by atoms with E-state index >= 15 is 0 Å². The Bertz CT molecular complexity index is 509. The van der Waals surface area contributed by atoms with E-state index in [1.54, 1.807) is 20.3 Å². The average molecular weight is 326 g/mol. The first kappa shape index (κ1) is 19.1. The van der Waals surface area contributed by atoms with Gasteiger partial charge in [0.25, 0.3) is 0 Å². The summed E-state index contributed by atoms with van der Waals surface area (Å²) in [5.41, 5.74) is 1.02. The lowest BCUT2D eigenvalue weighted by Gasteiger charge is -2.25. The Balaban J connectivity index is 2.42. The second-order valence-corrected chi connectivity index (χ2v) is 9.93. The van der Waals surface area contributed by atoms with Gasteiger partial charge < -0.3 is 14.4 Å². The lowest BCUT2D eigenvalue weighted by molar-refractivity contribution is -0.130. The normalized spacial score (nSPS) is 16.0. The molecule has 1 aromatic rings. The van der Waals surface area contributed by atoms with Crippen molar-refractivity contribution in [2.75, 3.05) is 26.1 Å². The minimum atomic E-state index is -2.30. The molecular weight excluding hydrogens is 299 g/mol. The molecule has 3 atom stereocenters. The van der Waals surface area contributed by atoms with E-state index in [9.17, 15) is 14.5 Å². The molecule has 4 nitrogen and oxygen atoms in total. The summed E-state index contributed by atoms with van der Waals surface area (Å²) in [5, 5.41) is 10.1. The molecule has 1 rings (SSSR count). The minimum Gasteiger partial charge on any atom is -0.392 e. The van der Waals surface area contributed by atoms with Gasteiger partial charge in [-0.3, -0.25) is 4.79 Å². The van der Waals surface area contributed by atoms with Gasteiger partial charge in [0.2, 0.25) is 0 Å². The molecule has 0 saturated heterocycles. The Labute approximate surface area is 133 Å². The molecule has 0 radical (unpaired) electrons. The third kappa shape index (κ3) is 6.87. The van der Waals surface area contributed by atoms with Crippen LogP contribution in [0.1, 0.15) is 19.4 Å². The number of hydrogen-bond acceptors (Lipinski definition) is 4. The fourth-order valence-electron chi connectivity index (χ4n) is 2.22. The van der Waals surface area contributed by atoms with E-state index < -0.39 is 13.2 Å². The number of aliphatic hydroxyl groups is 1. The standard InChI is InChI=1S/C17H27O4P/c1-13(14(2)17(19)12-22(3,4)20)16(18)11-21-10-15-8-6-5-7-9-15/h5-9,13-14,17,19H,10-12H2,1-4H3/t13?,14?,17-/m0/s1. The Morgan fingerprint density at radius 3 is 2.36 bits per heavy atom. The van der Waals surface area contributed by atoms with E-state index in [1.807, 2.05) is 37.3 Å². The number of ketones is 1. The molecule has 124 valence electrons. The molecule has 0 heterocycles. The summed E-state index contributed by atoms with van der Waals surface area (Å²) < 4.78 is 17.2. The average Bonchev–Trinajstić information content (AvgIpc) is 2.44. The van der Waals surface area contributed by atoms with Crippen molar-refractivity contribution < 1.29 is 19.2 Å². The predicted molar refractivity (Wildman–Crippen MR) is 89.8 cm³/mol. The molecule has 0 bridgehead atoms. The van der Waals surface area contributed by atoms with Gasteiger partial charge in [-0.2, -0.15) is 0 Å². The van der Waals surface area contributed by atoms with Crippen molar-refractivity contribution in [2.45, 2.75) is 26.6 Å². The van der Waals surface area contributed by atoms with Crippen LogP contribution in [0, 0.1) is 11.8 Å². The fourth-order valence-corrected chi connectivity index (χ4v) is 3.45. The summed E-state index contributed by atoms with van der Waals surface area (Å²) in [6.07, 6.45) is -0.481. The van der Waals surface area contributed by atoms with Crippen molar-refractivity contribution in [3.63, 3.8) is 0 Å². The van der Waals surface area contributed by atoms with Gasteiger partial charge in [-0.1, -0.05) is 44.2 Å². The van der Waals surface area contributed by atoms with Gasteiger partial charge in [0.1, 0.15) is 6.61 Å². The van der Waals surface area contributed by atoms with Crippen LogP contribution in [0.4, 0.5) is 0 Å². The highest BCUT2D eigenvalue weighted by Crippen LogP contribution is 2.38. The fraction of sp³-hybridized carbons (Fsp3) is 0.588. The SMILES string of the molecule is CC(C(=O)COCc1ccccc1)C(C)[C@@H](O)CP(C)(C)=O. The zero-order valence-corrected chi connectivity index (χ0v) is 14.8. The van der Waals surface area contributed by atoms with Crippen LogP contribution in [-0.2, 0) is 20.7 Å². The van der Waals surface area contributed by atoms with Crippen LogP contribution in [0.5, 0.6) is 0 Å². The van der Waals surface area contributed by atoms with Crippen LogP contribution < -0.4 is 0 Å². The van der Waals surface area contributed by atoms with Crippen LogP contribution in [-0.4, -0.2) is 43.1 Å². The third-order valence-corrected chi connectivity index (χ3v) is 5.14. The van der Waals surface area contributed by atoms with Crippen LogP contribution >= 0.6 is 7.14 Å². The number of hydrogen-bond donors (Lipinski definition) is 1. The second kappa shape index (κ2) is 8.61. The zero-order valence-electron chi connectivity index (χ0n) is 13.9. The lowest BCUT2D eigenvalue weighted by Crippen LogP contribution is -2.33. The largest absolute Gasteiger partial charge is 0.392 e. The molecule has 22 heavy (non-hydrogen) atoms. The van der Waals surface area contributed by atoms with Gasteiger partial charge >= 0.3 is 0 Å². The van der Waals surface area contributed by atoms with Gasteiger partial charge in [-0.05, 0) is 24.8 Å². The number of Topliss-reactive ketones (excluding diaryl/α,β-unsaturated/α-hetero) is 1. The summed E-state index contributed by atoms with van der Waals surface area (Å²) in [4.78, 5) is 12.1. The highest BCUT2D eigenvalue weighted by atomic mass is 31.2. The van der Waals surface area contributed by atoms with Crippen molar-refractivity contribution >= 4 is 12.9 Å². The predicted octanol–water partition coefficient (Wildman–Crippen LogP) is 3.03. The second-order valence-electron chi connectivity index (χ2n) is 6.42. The van der Waals surface area contributed by atoms with Crippen molar-refractivity contribution in [1.29, 1.82) is 0 Å². The molecule has 1 aromatic carbocycles. The highest BCUT2D eigenvalue weighted by molar-refractivity contribution is 7.62. The zero-order chi connectivity index (χ0) is 16.8. The summed E-state index contributed by atoms with van der Waals surface area (Å²) in [5.74, 6) is -0.595. The molecule has 5 heteroatoms. The van der Waals surface area contributed by atoms with Gasteiger partial charge in [-0.15, -0.1) is 0 Å². The minimum absolute atomic E-state index is 0.0308. The first-order valence-corrected chi connectivity index (χ1v) is 10.4. The molecule has 0 saturated carbocycles. The van der Waals surface area contributed by atoms with Gasteiger partial charge in [0.05, 0.1) is 19.9 Å². The Hall–Kier alpha value is -0.960. The van der Waals surface area contributed by atoms with E-state index in [0.717, 1.165) is 5.56 Å². The van der Waals surface area contributed by atoms with Crippen molar-refractivity contribution in [1.82, 2.24) is 0 Å². The molecule has 0 aliphatic heterocycles. The maximum atomic E-state index is 12.1. The topological polar surface area (TPSA) is 63.6 Å². The number of ether oxygens (including phenoxy) is 1. The van der Waals surface area contributed by atoms with Gasteiger partial charge in [-0.25, -0.2) is 0 Å². The van der Waals surface area contributed by atoms with E-state index in [0.29, 0.717) is 6.61 Å². The molecule has 1 N–H and O–H groups in total. The lowest BCUT2D eigenvalue weighted by atomic mass is 9.88. The molecule has 0 fully saturated rings. The van der Waals surface area contributed by atoms with Crippen LogP contribution in [0.15, 0.2) is 30.3 Å². The molecule has 0 spiro atoms. The highest BCUT2D eigenvalue weighted by Gasteiger charge is 2.28. The van der Waals surface area contributed by atoms with E-state index in [1.165, 1.54) is 0 Å². The van der Waals surface area contributed by atoms with Crippen molar-refractivity contribution in [3.05, 3.63) is 35.9 Å². The Kier molecular flexibility index (Phi) is 7.47. The first-order chi connectivity index (χ1) is 10.2.